The molecule has 0 aliphatic rings. The fraction of sp³-hybridized carbons (Fsp3) is 0.143. The van der Waals surface area contributed by atoms with Crippen LogP contribution < -0.4 is 4.87 Å². The summed E-state index contributed by atoms with van der Waals surface area (Å²) in [6.45, 7) is 2.01. The summed E-state index contributed by atoms with van der Waals surface area (Å²) >= 11 is 2.75. The van der Waals surface area contributed by atoms with E-state index in [2.05, 4.69) is 10.2 Å². The smallest absolute Gasteiger partial charge is 0.255 e. The van der Waals surface area contributed by atoms with Crippen LogP contribution in [-0.2, 0) is 0 Å². The fourth-order valence-corrected chi connectivity index (χ4v) is 2.61. The average Bonchev–Trinajstić information content (AvgIpc) is 2.58. The Bertz CT molecular complexity index is 440. The summed E-state index contributed by atoms with van der Waals surface area (Å²) in [6.07, 6.45) is 0. The Kier molecular flexibility index (Phi) is 1.82. The zero-order valence-electron chi connectivity index (χ0n) is 6.33. The Morgan fingerprint density at radius 3 is 2.92 bits per heavy atom. The number of rotatable bonds is 1. The van der Waals surface area contributed by atoms with Crippen molar-refractivity contribution in [3.63, 3.8) is 0 Å². The van der Waals surface area contributed by atoms with Gasteiger partial charge in [0.25, 0.3) is 0 Å². The standard InChI is InChI=1S/C7H6N2OS2/c1-4-2-3-11-5(4)6-8-9-7(10)12-6/h2-3H,1H3,(H,9,10). The molecule has 0 saturated heterocycles. The molecule has 0 unspecified atom stereocenters. The van der Waals surface area contributed by atoms with E-state index >= 15 is 0 Å². The van der Waals surface area contributed by atoms with Crippen LogP contribution in [0.5, 0.6) is 0 Å². The predicted octanol–water partition coefficient (Wildman–Crippen LogP) is 1.87. The van der Waals surface area contributed by atoms with Crippen molar-refractivity contribution in [3.05, 3.63) is 26.7 Å². The van der Waals surface area contributed by atoms with Gasteiger partial charge in [-0.2, -0.15) is 5.10 Å². The number of H-pyrrole nitrogens is 1. The monoisotopic (exact) mass is 198 g/mol. The van der Waals surface area contributed by atoms with E-state index in [4.69, 9.17) is 0 Å². The number of aryl methyl sites for hydroxylation is 1. The van der Waals surface area contributed by atoms with Crippen molar-refractivity contribution in [1.82, 2.24) is 10.2 Å². The molecule has 1 N–H and O–H groups in total. The lowest BCUT2D eigenvalue weighted by Gasteiger charge is -1.88. The molecule has 0 bridgehead atoms. The van der Waals surface area contributed by atoms with Crippen molar-refractivity contribution in [2.45, 2.75) is 6.92 Å². The van der Waals surface area contributed by atoms with Gasteiger partial charge in [0.15, 0.2) is 5.01 Å². The van der Waals surface area contributed by atoms with Crippen molar-refractivity contribution in [1.29, 1.82) is 0 Å². The lowest BCUT2D eigenvalue weighted by molar-refractivity contribution is 1.06. The van der Waals surface area contributed by atoms with Gasteiger partial charge >= 0.3 is 4.87 Å². The first kappa shape index (κ1) is 7.70. The molecule has 0 atom stereocenters. The van der Waals surface area contributed by atoms with E-state index in [1.807, 2.05) is 18.4 Å². The zero-order chi connectivity index (χ0) is 8.55. The molecule has 2 aromatic rings. The molecule has 0 aromatic carbocycles. The van der Waals surface area contributed by atoms with Gasteiger partial charge in [0.2, 0.25) is 0 Å². The van der Waals surface area contributed by atoms with E-state index in [0.29, 0.717) is 0 Å². The van der Waals surface area contributed by atoms with E-state index < -0.39 is 0 Å². The highest BCUT2D eigenvalue weighted by molar-refractivity contribution is 7.19. The molecule has 3 nitrogen and oxygen atoms in total. The quantitative estimate of drug-likeness (QED) is 0.760. The number of aromatic nitrogens is 2. The molecule has 0 spiro atoms. The van der Waals surface area contributed by atoms with E-state index in [1.54, 1.807) is 11.3 Å². The van der Waals surface area contributed by atoms with Gasteiger partial charge in [-0.25, -0.2) is 5.10 Å². The first-order valence-corrected chi connectivity index (χ1v) is 5.07. The van der Waals surface area contributed by atoms with Crippen LogP contribution in [0.4, 0.5) is 0 Å². The van der Waals surface area contributed by atoms with Crippen LogP contribution in [0.15, 0.2) is 16.2 Å². The second kappa shape index (κ2) is 2.84. The molecule has 5 heteroatoms. The third kappa shape index (κ3) is 1.21. The molecule has 2 heterocycles. The Morgan fingerprint density at radius 2 is 2.42 bits per heavy atom. The van der Waals surface area contributed by atoms with E-state index in [9.17, 15) is 4.79 Å². The SMILES string of the molecule is Cc1ccsc1-c1n[nH]c(=O)s1. The Hall–Kier alpha value is -0.940. The molecule has 2 aromatic heterocycles. The minimum atomic E-state index is -0.0993. The Labute approximate surface area is 76.7 Å². The molecule has 2 rings (SSSR count). The minimum absolute atomic E-state index is 0.0993. The lowest BCUT2D eigenvalue weighted by atomic mass is 10.3. The van der Waals surface area contributed by atoms with Gasteiger partial charge in [-0.05, 0) is 23.9 Å². The van der Waals surface area contributed by atoms with Crippen molar-refractivity contribution in [2.24, 2.45) is 0 Å². The van der Waals surface area contributed by atoms with E-state index in [0.717, 1.165) is 21.2 Å². The van der Waals surface area contributed by atoms with Gasteiger partial charge in [-0.15, -0.1) is 11.3 Å². The van der Waals surface area contributed by atoms with Crippen LogP contribution in [0.2, 0.25) is 0 Å². The summed E-state index contributed by atoms with van der Waals surface area (Å²) in [6, 6.07) is 2.02. The molecule has 0 saturated carbocycles. The lowest BCUT2D eigenvalue weighted by Crippen LogP contribution is -1.90. The summed E-state index contributed by atoms with van der Waals surface area (Å²) in [7, 11) is 0. The fourth-order valence-electron chi connectivity index (χ4n) is 0.919. The molecular weight excluding hydrogens is 192 g/mol. The average molecular weight is 198 g/mol. The van der Waals surface area contributed by atoms with Gasteiger partial charge in [0.1, 0.15) is 0 Å². The van der Waals surface area contributed by atoms with Crippen LogP contribution in [0, 0.1) is 6.92 Å². The van der Waals surface area contributed by atoms with Gasteiger partial charge in [0.05, 0.1) is 4.88 Å². The van der Waals surface area contributed by atoms with Crippen LogP contribution >= 0.6 is 22.7 Å². The van der Waals surface area contributed by atoms with Crippen LogP contribution in [0.3, 0.4) is 0 Å². The maximum absolute atomic E-state index is 10.8. The molecule has 0 radical (unpaired) electrons. The molecule has 0 aliphatic heterocycles. The second-order valence-corrected chi connectivity index (χ2v) is 4.23. The highest BCUT2D eigenvalue weighted by Gasteiger charge is 2.06. The number of nitrogens with one attached hydrogen (secondary N) is 1. The maximum atomic E-state index is 10.8. The molecule has 0 aliphatic carbocycles. The minimum Gasteiger partial charge on any atom is -0.255 e. The van der Waals surface area contributed by atoms with Crippen molar-refractivity contribution >= 4 is 22.7 Å². The highest BCUT2D eigenvalue weighted by atomic mass is 32.1. The van der Waals surface area contributed by atoms with Crippen molar-refractivity contribution in [3.8, 4) is 9.88 Å². The normalized spacial score (nSPS) is 10.4. The zero-order valence-corrected chi connectivity index (χ0v) is 7.96. The molecule has 62 valence electrons. The Balaban J connectivity index is 2.57. The van der Waals surface area contributed by atoms with Crippen LogP contribution in [-0.4, -0.2) is 10.2 Å². The maximum Gasteiger partial charge on any atom is 0.322 e. The molecule has 12 heavy (non-hydrogen) atoms. The number of aromatic amines is 1. The summed E-state index contributed by atoms with van der Waals surface area (Å²) in [5, 5.41) is 9.10. The number of thiophene rings is 1. The molecular formula is C7H6N2OS2. The summed E-state index contributed by atoms with van der Waals surface area (Å²) in [5.41, 5.74) is 1.17. The number of hydrogen-bond donors (Lipinski definition) is 1. The van der Waals surface area contributed by atoms with Crippen LogP contribution in [0.25, 0.3) is 9.88 Å². The van der Waals surface area contributed by atoms with E-state index in [-0.39, 0.29) is 4.87 Å². The first-order chi connectivity index (χ1) is 5.77. The van der Waals surface area contributed by atoms with E-state index in [1.165, 1.54) is 5.56 Å². The summed E-state index contributed by atoms with van der Waals surface area (Å²) < 4.78 is 0. The van der Waals surface area contributed by atoms with Crippen molar-refractivity contribution < 1.29 is 0 Å². The topological polar surface area (TPSA) is 45.8 Å². The summed E-state index contributed by atoms with van der Waals surface area (Å²) in [4.78, 5) is 11.8. The van der Waals surface area contributed by atoms with Crippen LogP contribution in [0.1, 0.15) is 5.56 Å². The predicted molar refractivity (Wildman–Crippen MR) is 50.8 cm³/mol. The largest absolute Gasteiger partial charge is 0.322 e. The summed E-state index contributed by atoms with van der Waals surface area (Å²) in [5.74, 6) is 0. The highest BCUT2D eigenvalue weighted by Crippen LogP contribution is 2.28. The molecule has 0 fully saturated rings. The first-order valence-electron chi connectivity index (χ1n) is 3.37. The number of hydrogen-bond acceptors (Lipinski definition) is 4. The second-order valence-electron chi connectivity index (χ2n) is 2.35. The van der Waals surface area contributed by atoms with Gasteiger partial charge in [-0.1, -0.05) is 11.3 Å². The Morgan fingerprint density at radius 1 is 1.58 bits per heavy atom. The third-order valence-electron chi connectivity index (χ3n) is 1.49. The van der Waals surface area contributed by atoms with Gasteiger partial charge in [0, 0.05) is 0 Å². The van der Waals surface area contributed by atoms with Crippen molar-refractivity contribution in [2.75, 3.05) is 0 Å². The van der Waals surface area contributed by atoms with Gasteiger partial charge < -0.3 is 0 Å². The van der Waals surface area contributed by atoms with Gasteiger partial charge in [-0.3, -0.25) is 4.79 Å². The number of nitrogens with zero attached hydrogens (tertiary/aromatic N) is 1. The third-order valence-corrected chi connectivity index (χ3v) is 3.41. The molecule has 0 amide bonds.